The first-order valence-corrected chi connectivity index (χ1v) is 7.84. The number of rotatable bonds is 3. The standard InChI is InChI=1S/C11H18N4OS2/c1-7-3-8(2)5-15(4-7)9(16)6-17-11-14-13-10(12)18-11/h7-8H,3-6H2,1-2H3,(H2,12,13)/t7-,8-/m0/s1. The van der Waals surface area contributed by atoms with Crippen molar-refractivity contribution < 1.29 is 4.79 Å². The first-order valence-electron chi connectivity index (χ1n) is 6.04. The van der Waals surface area contributed by atoms with Gasteiger partial charge in [0.25, 0.3) is 0 Å². The molecule has 100 valence electrons. The number of carbonyl (C=O) groups is 1. The van der Waals surface area contributed by atoms with Crippen LogP contribution in [0.2, 0.25) is 0 Å². The van der Waals surface area contributed by atoms with Crippen LogP contribution in [-0.4, -0.2) is 39.8 Å². The van der Waals surface area contributed by atoms with Crippen molar-refractivity contribution in [2.45, 2.75) is 24.6 Å². The maximum atomic E-state index is 12.1. The zero-order valence-corrected chi connectivity index (χ0v) is 12.3. The van der Waals surface area contributed by atoms with E-state index in [4.69, 9.17) is 5.73 Å². The number of piperidine rings is 1. The summed E-state index contributed by atoms with van der Waals surface area (Å²) in [6.07, 6.45) is 1.21. The molecule has 0 aliphatic carbocycles. The highest BCUT2D eigenvalue weighted by molar-refractivity contribution is 8.01. The van der Waals surface area contributed by atoms with Crippen LogP contribution in [-0.2, 0) is 4.79 Å². The molecule has 1 aliphatic heterocycles. The molecule has 18 heavy (non-hydrogen) atoms. The zero-order valence-electron chi connectivity index (χ0n) is 10.6. The van der Waals surface area contributed by atoms with Crippen LogP contribution >= 0.6 is 23.1 Å². The van der Waals surface area contributed by atoms with E-state index in [0.29, 0.717) is 22.7 Å². The highest BCUT2D eigenvalue weighted by Crippen LogP contribution is 2.25. The minimum absolute atomic E-state index is 0.187. The number of hydrogen-bond donors (Lipinski definition) is 1. The summed E-state index contributed by atoms with van der Waals surface area (Å²) in [6.45, 7) is 6.16. The Balaban J connectivity index is 1.84. The molecule has 1 fully saturated rings. The van der Waals surface area contributed by atoms with Crippen molar-refractivity contribution in [2.75, 3.05) is 24.6 Å². The summed E-state index contributed by atoms with van der Waals surface area (Å²) in [5.41, 5.74) is 5.50. The number of hydrogen-bond acceptors (Lipinski definition) is 6. The second-order valence-corrected chi connectivity index (χ2v) is 7.17. The minimum atomic E-state index is 0.187. The summed E-state index contributed by atoms with van der Waals surface area (Å²) < 4.78 is 0.763. The summed E-state index contributed by atoms with van der Waals surface area (Å²) in [6, 6.07) is 0. The first kappa shape index (κ1) is 13.6. The highest BCUT2D eigenvalue weighted by Gasteiger charge is 2.25. The van der Waals surface area contributed by atoms with Crippen LogP contribution in [0.1, 0.15) is 20.3 Å². The molecule has 2 rings (SSSR count). The fraction of sp³-hybridized carbons (Fsp3) is 0.727. The molecule has 0 bridgehead atoms. The molecule has 1 amide bonds. The number of amides is 1. The lowest BCUT2D eigenvalue weighted by Crippen LogP contribution is -2.43. The van der Waals surface area contributed by atoms with E-state index >= 15 is 0 Å². The quantitative estimate of drug-likeness (QED) is 0.857. The molecule has 1 aromatic rings. The molecule has 0 radical (unpaired) electrons. The van der Waals surface area contributed by atoms with Crippen LogP contribution in [0, 0.1) is 11.8 Å². The van der Waals surface area contributed by atoms with Gasteiger partial charge in [-0.05, 0) is 18.3 Å². The second kappa shape index (κ2) is 5.88. The van der Waals surface area contributed by atoms with E-state index in [1.165, 1.54) is 29.5 Å². The Morgan fingerprint density at radius 2 is 2.11 bits per heavy atom. The Hall–Kier alpha value is -0.820. The number of aromatic nitrogens is 2. The van der Waals surface area contributed by atoms with Gasteiger partial charge < -0.3 is 10.6 Å². The van der Waals surface area contributed by atoms with Gasteiger partial charge in [-0.1, -0.05) is 36.9 Å². The molecule has 5 nitrogen and oxygen atoms in total. The number of likely N-dealkylation sites (tertiary alicyclic amines) is 1. The van der Waals surface area contributed by atoms with Gasteiger partial charge in [0.05, 0.1) is 5.75 Å². The van der Waals surface area contributed by atoms with Crippen molar-refractivity contribution in [1.29, 1.82) is 0 Å². The first-order chi connectivity index (χ1) is 8.54. The van der Waals surface area contributed by atoms with E-state index < -0.39 is 0 Å². The van der Waals surface area contributed by atoms with Crippen LogP contribution < -0.4 is 5.73 Å². The van der Waals surface area contributed by atoms with Crippen LogP contribution in [0.25, 0.3) is 0 Å². The van der Waals surface area contributed by atoms with E-state index in [1.54, 1.807) is 0 Å². The summed E-state index contributed by atoms with van der Waals surface area (Å²) in [5, 5.41) is 8.08. The molecule has 2 atom stereocenters. The lowest BCUT2D eigenvalue weighted by Gasteiger charge is -2.34. The predicted octanol–water partition coefficient (Wildman–Crippen LogP) is 1.72. The van der Waals surface area contributed by atoms with Gasteiger partial charge in [0.15, 0.2) is 4.34 Å². The smallest absolute Gasteiger partial charge is 0.233 e. The lowest BCUT2D eigenvalue weighted by atomic mass is 9.92. The van der Waals surface area contributed by atoms with E-state index in [0.717, 1.165) is 17.4 Å². The van der Waals surface area contributed by atoms with Crippen molar-refractivity contribution in [3.63, 3.8) is 0 Å². The van der Waals surface area contributed by atoms with E-state index in [2.05, 4.69) is 24.0 Å². The molecule has 1 aromatic heterocycles. The van der Waals surface area contributed by atoms with Crippen molar-refractivity contribution >= 4 is 34.1 Å². The maximum Gasteiger partial charge on any atom is 0.233 e. The van der Waals surface area contributed by atoms with Crippen molar-refractivity contribution in [1.82, 2.24) is 15.1 Å². The third kappa shape index (κ3) is 3.58. The zero-order chi connectivity index (χ0) is 13.1. The van der Waals surface area contributed by atoms with Gasteiger partial charge in [0.1, 0.15) is 0 Å². The summed E-state index contributed by atoms with van der Waals surface area (Å²) in [4.78, 5) is 14.1. The van der Waals surface area contributed by atoms with Crippen molar-refractivity contribution in [2.24, 2.45) is 11.8 Å². The fourth-order valence-electron chi connectivity index (χ4n) is 2.36. The molecular weight excluding hydrogens is 268 g/mol. The Bertz CT molecular complexity index is 413. The number of nitrogen functional groups attached to an aromatic ring is 1. The van der Waals surface area contributed by atoms with Crippen LogP contribution in [0.15, 0.2) is 4.34 Å². The number of nitrogens with zero attached hydrogens (tertiary/aromatic N) is 3. The molecule has 0 unspecified atom stereocenters. The molecule has 2 N–H and O–H groups in total. The monoisotopic (exact) mass is 286 g/mol. The molecule has 0 aromatic carbocycles. The molecule has 0 spiro atoms. The Labute approximate surface area is 115 Å². The number of anilines is 1. The molecule has 2 heterocycles. The highest BCUT2D eigenvalue weighted by atomic mass is 32.2. The number of nitrogens with two attached hydrogens (primary N) is 1. The predicted molar refractivity (Wildman–Crippen MR) is 74.6 cm³/mol. The Morgan fingerprint density at radius 1 is 1.44 bits per heavy atom. The van der Waals surface area contributed by atoms with Crippen LogP contribution in [0.3, 0.4) is 0 Å². The summed E-state index contributed by atoms with van der Waals surface area (Å²) in [5.74, 6) is 1.81. The molecule has 0 saturated carbocycles. The number of thioether (sulfide) groups is 1. The average Bonchev–Trinajstić information content (AvgIpc) is 2.70. The SMILES string of the molecule is C[C@H]1C[C@H](C)CN(C(=O)CSc2nnc(N)s2)C1. The largest absolute Gasteiger partial charge is 0.374 e. The third-order valence-corrected chi connectivity index (χ3v) is 4.83. The van der Waals surface area contributed by atoms with E-state index in [-0.39, 0.29) is 5.91 Å². The van der Waals surface area contributed by atoms with Crippen LogP contribution in [0.4, 0.5) is 5.13 Å². The van der Waals surface area contributed by atoms with Gasteiger partial charge in [-0.2, -0.15) is 0 Å². The van der Waals surface area contributed by atoms with Gasteiger partial charge in [-0.25, -0.2) is 0 Å². The lowest BCUT2D eigenvalue weighted by molar-refractivity contribution is -0.130. The minimum Gasteiger partial charge on any atom is -0.374 e. The number of carbonyl (C=O) groups excluding carboxylic acids is 1. The van der Waals surface area contributed by atoms with Crippen molar-refractivity contribution in [3.05, 3.63) is 0 Å². The van der Waals surface area contributed by atoms with Gasteiger partial charge in [0, 0.05) is 13.1 Å². The third-order valence-electron chi connectivity index (χ3n) is 2.96. The molecule has 1 aliphatic rings. The fourth-order valence-corrected chi connectivity index (χ4v) is 3.90. The van der Waals surface area contributed by atoms with Crippen LogP contribution in [0.5, 0.6) is 0 Å². The molecule has 1 saturated heterocycles. The summed E-state index contributed by atoms with van der Waals surface area (Å²) in [7, 11) is 0. The van der Waals surface area contributed by atoms with Gasteiger partial charge in [0.2, 0.25) is 11.0 Å². The average molecular weight is 286 g/mol. The normalized spacial score (nSPS) is 24.2. The Morgan fingerprint density at radius 3 is 2.67 bits per heavy atom. The molecule has 7 heteroatoms. The maximum absolute atomic E-state index is 12.1. The van der Waals surface area contributed by atoms with E-state index in [1.807, 2.05) is 4.90 Å². The second-order valence-electron chi connectivity index (χ2n) is 4.94. The summed E-state index contributed by atoms with van der Waals surface area (Å²) >= 11 is 2.74. The topological polar surface area (TPSA) is 72.1 Å². The van der Waals surface area contributed by atoms with Gasteiger partial charge >= 0.3 is 0 Å². The van der Waals surface area contributed by atoms with E-state index in [9.17, 15) is 4.79 Å². The van der Waals surface area contributed by atoms with Gasteiger partial charge in [-0.3, -0.25) is 4.79 Å². The Kier molecular flexibility index (Phi) is 4.45. The van der Waals surface area contributed by atoms with Gasteiger partial charge in [-0.15, -0.1) is 10.2 Å². The van der Waals surface area contributed by atoms with Crippen molar-refractivity contribution in [3.8, 4) is 0 Å². The molecular formula is C11H18N4OS2.